The molecule has 2 aromatic heterocycles. The van der Waals surface area contributed by atoms with Gasteiger partial charge in [-0.3, -0.25) is 4.98 Å². The second kappa shape index (κ2) is 15.0. The van der Waals surface area contributed by atoms with Crippen LogP contribution in [-0.4, -0.2) is 45.5 Å². The molecule has 34 heavy (non-hydrogen) atoms. The molecule has 4 N–H and O–H groups in total. The molecule has 7 nitrogen and oxygen atoms in total. The Kier molecular flexibility index (Phi) is 14.1. The minimum Gasteiger partial charge on any atom is -0.398 e. The van der Waals surface area contributed by atoms with E-state index < -0.39 is 0 Å². The van der Waals surface area contributed by atoms with Gasteiger partial charge in [0, 0.05) is 46.8 Å². The number of nitrogens with two attached hydrogens (primary N) is 1. The molecule has 0 saturated carbocycles. The maximum atomic E-state index is 6.19. The number of nitrogens with zero attached hydrogens (tertiary/aromatic N) is 4. The number of nitrogen functional groups attached to an aromatic ring is 1. The largest absolute Gasteiger partial charge is 0.398 e. The van der Waals surface area contributed by atoms with Crippen LogP contribution in [0.15, 0.2) is 30.3 Å². The van der Waals surface area contributed by atoms with Crippen LogP contribution in [0.1, 0.15) is 45.0 Å². The summed E-state index contributed by atoms with van der Waals surface area (Å²) in [4.78, 5) is 16.2. The first-order valence-corrected chi connectivity index (χ1v) is 11.2. The summed E-state index contributed by atoms with van der Waals surface area (Å²) in [5, 5.41) is 7.69. The molecule has 0 spiro atoms. The highest BCUT2D eigenvalue weighted by Crippen LogP contribution is 2.26. The fourth-order valence-electron chi connectivity index (χ4n) is 3.95. The van der Waals surface area contributed by atoms with Gasteiger partial charge >= 0.3 is 0 Å². The third-order valence-corrected chi connectivity index (χ3v) is 5.61. The summed E-state index contributed by atoms with van der Waals surface area (Å²) >= 11 is 0. The molecule has 0 aliphatic carbocycles. The average molecular weight is 531 g/mol. The van der Waals surface area contributed by atoms with E-state index in [0.717, 1.165) is 72.0 Å². The Balaban J connectivity index is 0.00000363. The molecule has 1 atom stereocenters. The summed E-state index contributed by atoms with van der Waals surface area (Å²) in [6.07, 6.45) is 2.23. The second-order valence-corrected chi connectivity index (χ2v) is 8.07. The standard InChI is InChI=1S/C24H35N7.3ClH/c1-6-31(7-2)18(5)9-8-12-26-24-28-17(4)14-23(30-24)29-19-10-11-22-20(15-19)21(25)13-16(3)27-22;;;/h10-11,13-15,18H,6-9,12H2,1-5H3,(H2,25,27)(H2,26,28,29,30);3*1H. The van der Waals surface area contributed by atoms with Crippen molar-refractivity contribution in [2.75, 3.05) is 36.0 Å². The number of rotatable bonds is 10. The van der Waals surface area contributed by atoms with E-state index in [0.29, 0.717) is 12.0 Å². The lowest BCUT2D eigenvalue weighted by Crippen LogP contribution is -2.32. The van der Waals surface area contributed by atoms with Gasteiger partial charge in [0.2, 0.25) is 5.95 Å². The molecular weight excluding hydrogens is 493 g/mol. The molecule has 190 valence electrons. The summed E-state index contributed by atoms with van der Waals surface area (Å²) in [7, 11) is 0. The van der Waals surface area contributed by atoms with Gasteiger partial charge < -0.3 is 21.3 Å². The van der Waals surface area contributed by atoms with Gasteiger partial charge in [0.05, 0.1) is 5.52 Å². The number of hydrogen-bond acceptors (Lipinski definition) is 7. The summed E-state index contributed by atoms with van der Waals surface area (Å²) < 4.78 is 0. The zero-order valence-electron chi connectivity index (χ0n) is 20.6. The third kappa shape index (κ3) is 8.62. The molecule has 3 rings (SSSR count). The minimum absolute atomic E-state index is 0. The lowest BCUT2D eigenvalue weighted by molar-refractivity contribution is 0.219. The van der Waals surface area contributed by atoms with Crippen molar-refractivity contribution in [3.63, 3.8) is 0 Å². The van der Waals surface area contributed by atoms with Crippen molar-refractivity contribution in [2.45, 2.75) is 53.5 Å². The molecule has 1 aromatic carbocycles. The SMILES string of the molecule is CCN(CC)C(C)CCCNc1nc(C)cc(Nc2ccc3nc(C)cc(N)c3c2)n1.Cl.Cl.Cl. The molecule has 0 bridgehead atoms. The van der Waals surface area contributed by atoms with Crippen LogP contribution in [0.2, 0.25) is 0 Å². The molecule has 0 fully saturated rings. The van der Waals surface area contributed by atoms with Crippen molar-refractivity contribution in [3.8, 4) is 0 Å². The van der Waals surface area contributed by atoms with E-state index in [9.17, 15) is 0 Å². The number of benzene rings is 1. The van der Waals surface area contributed by atoms with Crippen LogP contribution < -0.4 is 16.4 Å². The number of aryl methyl sites for hydroxylation is 2. The third-order valence-electron chi connectivity index (χ3n) is 5.61. The smallest absolute Gasteiger partial charge is 0.224 e. The van der Waals surface area contributed by atoms with Gasteiger partial charge in [-0.2, -0.15) is 4.98 Å². The Labute approximate surface area is 222 Å². The van der Waals surface area contributed by atoms with Gasteiger partial charge in [0.1, 0.15) is 5.82 Å². The lowest BCUT2D eigenvalue weighted by atomic mass is 10.1. The Morgan fingerprint density at radius 1 is 0.941 bits per heavy atom. The average Bonchev–Trinajstić information content (AvgIpc) is 2.72. The number of aromatic nitrogens is 3. The van der Waals surface area contributed by atoms with Crippen LogP contribution in [0.25, 0.3) is 10.9 Å². The topological polar surface area (TPSA) is 92.0 Å². The number of anilines is 4. The van der Waals surface area contributed by atoms with Crippen molar-refractivity contribution in [3.05, 3.63) is 41.7 Å². The highest BCUT2D eigenvalue weighted by molar-refractivity contribution is 5.93. The van der Waals surface area contributed by atoms with E-state index in [1.54, 1.807) is 0 Å². The molecule has 10 heteroatoms. The predicted octanol–water partition coefficient (Wildman–Crippen LogP) is 6.16. The van der Waals surface area contributed by atoms with Gasteiger partial charge in [0.25, 0.3) is 0 Å². The van der Waals surface area contributed by atoms with E-state index in [4.69, 9.17) is 5.73 Å². The Hall–Kier alpha value is -2.06. The van der Waals surface area contributed by atoms with Crippen molar-refractivity contribution in [1.82, 2.24) is 19.9 Å². The van der Waals surface area contributed by atoms with Crippen LogP contribution in [0.5, 0.6) is 0 Å². The fraction of sp³-hybridized carbons (Fsp3) is 0.458. The molecule has 0 saturated heterocycles. The Morgan fingerprint density at radius 2 is 1.62 bits per heavy atom. The number of hydrogen-bond donors (Lipinski definition) is 3. The van der Waals surface area contributed by atoms with Crippen molar-refractivity contribution in [1.29, 1.82) is 0 Å². The molecule has 2 heterocycles. The van der Waals surface area contributed by atoms with Crippen LogP contribution in [0, 0.1) is 13.8 Å². The molecule has 0 radical (unpaired) electrons. The van der Waals surface area contributed by atoms with Crippen LogP contribution in [-0.2, 0) is 0 Å². The summed E-state index contributed by atoms with van der Waals surface area (Å²) in [6.45, 7) is 13.7. The summed E-state index contributed by atoms with van der Waals surface area (Å²) in [5.41, 5.74) is 10.6. The van der Waals surface area contributed by atoms with Gasteiger partial charge in [-0.05, 0) is 71.0 Å². The van der Waals surface area contributed by atoms with E-state index >= 15 is 0 Å². The quantitative estimate of drug-likeness (QED) is 0.270. The molecule has 3 aromatic rings. The van der Waals surface area contributed by atoms with E-state index in [2.05, 4.69) is 51.3 Å². The second-order valence-electron chi connectivity index (χ2n) is 8.07. The maximum absolute atomic E-state index is 6.19. The zero-order valence-corrected chi connectivity index (χ0v) is 23.0. The van der Waals surface area contributed by atoms with Crippen molar-refractivity contribution < 1.29 is 0 Å². The monoisotopic (exact) mass is 529 g/mol. The minimum atomic E-state index is 0. The molecule has 0 amide bonds. The Morgan fingerprint density at radius 3 is 2.29 bits per heavy atom. The lowest BCUT2D eigenvalue weighted by Gasteiger charge is -2.26. The van der Waals surface area contributed by atoms with E-state index in [-0.39, 0.29) is 37.2 Å². The molecule has 0 aliphatic heterocycles. The highest BCUT2D eigenvalue weighted by Gasteiger charge is 2.10. The first kappa shape index (κ1) is 31.9. The van der Waals surface area contributed by atoms with E-state index in [1.807, 2.05) is 44.2 Å². The van der Waals surface area contributed by atoms with E-state index in [1.165, 1.54) is 0 Å². The van der Waals surface area contributed by atoms with Crippen LogP contribution in [0.3, 0.4) is 0 Å². The van der Waals surface area contributed by atoms with Crippen molar-refractivity contribution in [2.24, 2.45) is 0 Å². The predicted molar refractivity (Wildman–Crippen MR) is 153 cm³/mol. The molecular formula is C24H38Cl3N7. The highest BCUT2D eigenvalue weighted by atomic mass is 35.5. The Bertz CT molecular complexity index is 1030. The molecule has 1 unspecified atom stereocenters. The van der Waals surface area contributed by atoms with Gasteiger partial charge in [-0.15, -0.1) is 37.2 Å². The normalized spacial score (nSPS) is 11.2. The number of fused-ring (bicyclic) bond motifs is 1. The van der Waals surface area contributed by atoms with Crippen LogP contribution in [0.4, 0.5) is 23.1 Å². The van der Waals surface area contributed by atoms with Gasteiger partial charge in [-0.25, -0.2) is 4.98 Å². The zero-order chi connectivity index (χ0) is 22.4. The van der Waals surface area contributed by atoms with Crippen LogP contribution >= 0.6 is 37.2 Å². The maximum Gasteiger partial charge on any atom is 0.224 e. The fourth-order valence-corrected chi connectivity index (χ4v) is 3.95. The van der Waals surface area contributed by atoms with Crippen molar-refractivity contribution >= 4 is 71.3 Å². The van der Waals surface area contributed by atoms with Gasteiger partial charge in [-0.1, -0.05) is 13.8 Å². The summed E-state index contributed by atoms with van der Waals surface area (Å²) in [6, 6.07) is 10.4. The molecule has 0 aliphatic rings. The number of pyridine rings is 1. The first-order valence-electron chi connectivity index (χ1n) is 11.2. The van der Waals surface area contributed by atoms with Gasteiger partial charge in [0.15, 0.2) is 0 Å². The first-order chi connectivity index (χ1) is 14.9. The number of halogens is 3. The number of nitrogens with one attached hydrogen (secondary N) is 2. The summed E-state index contributed by atoms with van der Waals surface area (Å²) in [5.74, 6) is 1.40.